The van der Waals surface area contributed by atoms with Crippen molar-refractivity contribution >= 4 is 33.6 Å². The minimum absolute atomic E-state index is 0.0576. The van der Waals surface area contributed by atoms with Crippen LogP contribution in [-0.2, 0) is 11.2 Å². The van der Waals surface area contributed by atoms with Gasteiger partial charge < -0.3 is 19.7 Å². The van der Waals surface area contributed by atoms with Crippen LogP contribution in [0.25, 0.3) is 16.2 Å². The third-order valence-corrected chi connectivity index (χ3v) is 6.82. The van der Waals surface area contributed by atoms with Gasteiger partial charge in [0.2, 0.25) is 5.91 Å². The highest BCUT2D eigenvalue weighted by Gasteiger charge is 2.16. The lowest BCUT2D eigenvalue weighted by Gasteiger charge is -2.17. The Hall–Kier alpha value is -3.52. The Balaban J connectivity index is 1.32. The number of anilines is 2. The van der Waals surface area contributed by atoms with E-state index >= 15 is 0 Å². The Morgan fingerprint density at radius 2 is 1.88 bits per heavy atom. The summed E-state index contributed by atoms with van der Waals surface area (Å²) in [6.07, 6.45) is 4.69. The van der Waals surface area contributed by atoms with Gasteiger partial charge >= 0.3 is 0 Å². The van der Waals surface area contributed by atoms with Crippen molar-refractivity contribution in [3.63, 3.8) is 0 Å². The smallest absolute Gasteiger partial charge is 0.230 e. The molecule has 1 amide bonds. The highest BCUT2D eigenvalue weighted by molar-refractivity contribution is 7.15. The number of thiazole rings is 1. The topological polar surface area (TPSA) is 68.1 Å². The zero-order valence-corrected chi connectivity index (χ0v) is 19.5. The molecule has 8 heteroatoms. The van der Waals surface area contributed by atoms with Crippen molar-refractivity contribution in [2.24, 2.45) is 0 Å². The second-order valence-corrected chi connectivity index (χ2v) is 8.87. The Labute approximate surface area is 196 Å². The molecule has 1 fully saturated rings. The zero-order valence-electron chi connectivity index (χ0n) is 18.7. The van der Waals surface area contributed by atoms with Crippen molar-refractivity contribution in [3.8, 4) is 22.8 Å². The summed E-state index contributed by atoms with van der Waals surface area (Å²) in [4.78, 5) is 20.7. The van der Waals surface area contributed by atoms with Crippen LogP contribution in [0.4, 0.5) is 11.4 Å². The van der Waals surface area contributed by atoms with Crippen LogP contribution in [0.5, 0.6) is 11.5 Å². The minimum Gasteiger partial charge on any atom is -0.497 e. The highest BCUT2D eigenvalue weighted by atomic mass is 32.1. The van der Waals surface area contributed by atoms with Crippen molar-refractivity contribution in [2.45, 2.75) is 19.3 Å². The molecule has 7 nitrogen and oxygen atoms in total. The lowest BCUT2D eigenvalue weighted by Crippen LogP contribution is -2.18. The molecule has 2 aromatic carbocycles. The van der Waals surface area contributed by atoms with Crippen molar-refractivity contribution in [1.29, 1.82) is 0 Å². The van der Waals surface area contributed by atoms with Crippen molar-refractivity contribution in [3.05, 3.63) is 59.7 Å². The number of nitrogens with one attached hydrogen (secondary N) is 1. The van der Waals surface area contributed by atoms with Gasteiger partial charge in [-0.15, -0.1) is 11.3 Å². The number of fused-ring (bicyclic) bond motifs is 1. The predicted molar refractivity (Wildman–Crippen MR) is 132 cm³/mol. The SMILES string of the molecule is COc1ccc(OC)c(-c2cn3c(CC(=O)Nc4ccc(N5CCCC5)cc4)csc3n2)c1. The molecule has 0 radical (unpaired) electrons. The molecule has 1 aliphatic heterocycles. The summed E-state index contributed by atoms with van der Waals surface area (Å²) in [5, 5.41) is 4.99. The fourth-order valence-electron chi connectivity index (χ4n) is 4.20. The van der Waals surface area contributed by atoms with E-state index in [0.29, 0.717) is 0 Å². The number of ether oxygens (including phenoxy) is 2. The number of carbonyl (C=O) groups excluding carboxylic acids is 1. The number of carbonyl (C=O) groups is 1. The number of hydrogen-bond acceptors (Lipinski definition) is 6. The van der Waals surface area contributed by atoms with Crippen LogP contribution in [0, 0.1) is 0 Å². The highest BCUT2D eigenvalue weighted by Crippen LogP contribution is 2.34. The first-order valence-corrected chi connectivity index (χ1v) is 11.9. The van der Waals surface area contributed by atoms with Crippen molar-refractivity contribution in [2.75, 3.05) is 37.5 Å². The quantitative estimate of drug-likeness (QED) is 0.425. The van der Waals surface area contributed by atoms with Crippen LogP contribution in [-0.4, -0.2) is 42.6 Å². The number of methoxy groups -OCH3 is 2. The number of benzene rings is 2. The average Bonchev–Trinajstić information content (AvgIpc) is 3.58. The van der Waals surface area contributed by atoms with E-state index in [1.54, 1.807) is 14.2 Å². The molecule has 0 spiro atoms. The van der Waals surface area contributed by atoms with Gasteiger partial charge in [-0.05, 0) is 55.3 Å². The number of nitrogens with zero attached hydrogens (tertiary/aromatic N) is 3. The summed E-state index contributed by atoms with van der Waals surface area (Å²) in [6.45, 7) is 2.21. The maximum absolute atomic E-state index is 12.7. The molecule has 1 N–H and O–H groups in total. The summed E-state index contributed by atoms with van der Waals surface area (Å²) in [5.41, 5.74) is 4.53. The van der Waals surface area contributed by atoms with Crippen LogP contribution in [0.2, 0.25) is 0 Å². The molecule has 170 valence electrons. The molecular weight excluding hydrogens is 436 g/mol. The molecule has 0 atom stereocenters. The zero-order chi connectivity index (χ0) is 22.8. The number of aromatic nitrogens is 2. The van der Waals surface area contributed by atoms with Gasteiger partial charge in [-0.25, -0.2) is 4.98 Å². The van der Waals surface area contributed by atoms with Gasteiger partial charge in [-0.2, -0.15) is 0 Å². The van der Waals surface area contributed by atoms with Crippen molar-refractivity contribution in [1.82, 2.24) is 9.38 Å². The fourth-order valence-corrected chi connectivity index (χ4v) is 5.07. The lowest BCUT2D eigenvalue weighted by atomic mass is 10.1. The lowest BCUT2D eigenvalue weighted by molar-refractivity contribution is -0.115. The third-order valence-electron chi connectivity index (χ3n) is 5.93. The molecule has 0 unspecified atom stereocenters. The second-order valence-electron chi connectivity index (χ2n) is 8.04. The normalized spacial score (nSPS) is 13.5. The Morgan fingerprint density at radius 3 is 2.61 bits per heavy atom. The number of rotatable bonds is 7. The summed E-state index contributed by atoms with van der Waals surface area (Å²) >= 11 is 1.51. The van der Waals surface area contributed by atoms with Gasteiger partial charge in [0.05, 0.1) is 26.3 Å². The van der Waals surface area contributed by atoms with E-state index in [-0.39, 0.29) is 12.3 Å². The summed E-state index contributed by atoms with van der Waals surface area (Å²) in [6, 6.07) is 13.7. The van der Waals surface area contributed by atoms with Gasteiger partial charge in [-0.1, -0.05) is 0 Å². The molecule has 4 aromatic rings. The first-order valence-electron chi connectivity index (χ1n) is 11.0. The molecule has 33 heavy (non-hydrogen) atoms. The number of imidazole rings is 1. The van der Waals surface area contributed by atoms with E-state index in [2.05, 4.69) is 22.3 Å². The Kier molecular flexibility index (Phi) is 5.92. The van der Waals surface area contributed by atoms with Gasteiger partial charge in [0.15, 0.2) is 4.96 Å². The standard InChI is InChI=1S/C25H26N4O3S/c1-31-20-9-10-23(32-2)21(14-20)22-15-29-19(16-33-25(29)27-22)13-24(30)26-17-5-7-18(8-6-17)28-11-3-4-12-28/h5-10,14-16H,3-4,11-13H2,1-2H3,(H,26,30). The first-order chi connectivity index (χ1) is 16.1. The maximum atomic E-state index is 12.7. The molecule has 3 heterocycles. The number of hydrogen-bond donors (Lipinski definition) is 1. The van der Waals surface area contributed by atoms with Crippen LogP contribution < -0.4 is 19.7 Å². The van der Waals surface area contributed by atoms with Gasteiger partial charge in [0.1, 0.15) is 11.5 Å². The first kappa shape index (κ1) is 21.3. The second kappa shape index (κ2) is 9.15. The van der Waals surface area contributed by atoms with E-state index in [0.717, 1.165) is 52.2 Å². The monoisotopic (exact) mass is 462 g/mol. The van der Waals surface area contributed by atoms with Gasteiger partial charge in [0.25, 0.3) is 0 Å². The van der Waals surface area contributed by atoms with Crippen LogP contribution in [0.1, 0.15) is 18.5 Å². The maximum Gasteiger partial charge on any atom is 0.230 e. The number of amides is 1. The molecule has 0 saturated carbocycles. The summed E-state index contributed by atoms with van der Waals surface area (Å²) < 4.78 is 12.8. The van der Waals surface area contributed by atoms with Crippen LogP contribution in [0.3, 0.4) is 0 Å². The van der Waals surface area contributed by atoms with E-state index in [1.807, 2.05) is 46.3 Å². The molecule has 0 bridgehead atoms. The fraction of sp³-hybridized carbons (Fsp3) is 0.280. The van der Waals surface area contributed by atoms with Gasteiger partial charge in [0, 0.05) is 47.3 Å². The van der Waals surface area contributed by atoms with Crippen molar-refractivity contribution < 1.29 is 14.3 Å². The molecule has 0 aliphatic carbocycles. The molecule has 1 saturated heterocycles. The summed E-state index contributed by atoms with van der Waals surface area (Å²) in [5.74, 6) is 1.40. The third kappa shape index (κ3) is 4.39. The van der Waals surface area contributed by atoms with E-state index in [1.165, 1.54) is 29.9 Å². The molecule has 5 rings (SSSR count). The Bertz CT molecular complexity index is 1270. The van der Waals surface area contributed by atoms with E-state index in [9.17, 15) is 4.79 Å². The average molecular weight is 463 g/mol. The predicted octanol–water partition coefficient (Wildman–Crippen LogP) is 4.86. The van der Waals surface area contributed by atoms with E-state index in [4.69, 9.17) is 14.5 Å². The Morgan fingerprint density at radius 1 is 1.09 bits per heavy atom. The van der Waals surface area contributed by atoms with Crippen LogP contribution >= 0.6 is 11.3 Å². The van der Waals surface area contributed by atoms with Gasteiger partial charge in [-0.3, -0.25) is 9.20 Å². The minimum atomic E-state index is -0.0576. The summed E-state index contributed by atoms with van der Waals surface area (Å²) in [7, 11) is 3.27. The molecule has 2 aromatic heterocycles. The molecule has 1 aliphatic rings. The van der Waals surface area contributed by atoms with E-state index < -0.39 is 0 Å². The van der Waals surface area contributed by atoms with Crippen LogP contribution in [0.15, 0.2) is 54.0 Å². The largest absolute Gasteiger partial charge is 0.497 e. The molecular formula is C25H26N4O3S.